The van der Waals surface area contributed by atoms with Crippen molar-refractivity contribution < 1.29 is 36.6 Å². The number of nitrogens with zero attached hydrogens (tertiary/aromatic N) is 2. The third-order valence-electron chi connectivity index (χ3n) is 10.9. The highest BCUT2D eigenvalue weighted by atomic mass is 19.4. The van der Waals surface area contributed by atoms with Gasteiger partial charge in [0.2, 0.25) is 0 Å². The van der Waals surface area contributed by atoms with Crippen molar-refractivity contribution in [3.63, 3.8) is 0 Å². The van der Waals surface area contributed by atoms with Crippen molar-refractivity contribution in [1.29, 1.82) is 5.26 Å². The molecular weight excluding hydrogens is 727 g/mol. The minimum Gasteiger partial charge on any atom is -0.390 e. The minimum atomic E-state index is -4.54. The quantitative estimate of drug-likeness (QED) is 0.105. The summed E-state index contributed by atoms with van der Waals surface area (Å²) in [7, 11) is 0. The van der Waals surface area contributed by atoms with Crippen LogP contribution in [0.5, 0.6) is 0 Å². The second kappa shape index (κ2) is 16.9. The summed E-state index contributed by atoms with van der Waals surface area (Å²) >= 11 is 0. The molecule has 1 aliphatic heterocycles. The fourth-order valence-electron chi connectivity index (χ4n) is 7.92. The van der Waals surface area contributed by atoms with Gasteiger partial charge in [-0.1, -0.05) is 57.0 Å². The molecule has 2 amide bonds. The van der Waals surface area contributed by atoms with Gasteiger partial charge in [0.1, 0.15) is 11.6 Å². The van der Waals surface area contributed by atoms with Crippen molar-refractivity contribution in [2.75, 3.05) is 13.1 Å². The molecule has 12 heteroatoms. The lowest BCUT2D eigenvalue weighted by atomic mass is 9.87. The molecule has 3 N–H and O–H groups in total. The van der Waals surface area contributed by atoms with Gasteiger partial charge in [-0.25, -0.2) is 8.78 Å². The van der Waals surface area contributed by atoms with Crippen molar-refractivity contribution in [3.05, 3.63) is 129 Å². The summed E-state index contributed by atoms with van der Waals surface area (Å²) in [5, 5.41) is 27.7. The highest BCUT2D eigenvalue weighted by Gasteiger charge is 2.45. The normalized spacial score (nSPS) is 15.9. The van der Waals surface area contributed by atoms with Gasteiger partial charge < -0.3 is 20.6 Å². The first-order chi connectivity index (χ1) is 26.8. The van der Waals surface area contributed by atoms with Gasteiger partial charge in [0, 0.05) is 41.9 Å². The van der Waals surface area contributed by atoms with Crippen LogP contribution in [0.2, 0.25) is 0 Å². The Morgan fingerprint density at radius 2 is 1.64 bits per heavy atom. The highest BCUT2D eigenvalue weighted by Crippen LogP contribution is 2.46. The third kappa shape index (κ3) is 8.95. The smallest absolute Gasteiger partial charge is 0.390 e. The molecule has 2 aliphatic rings. The van der Waals surface area contributed by atoms with E-state index in [2.05, 4.69) is 30.6 Å². The summed E-state index contributed by atoms with van der Waals surface area (Å²) < 4.78 is 69.3. The molecule has 56 heavy (non-hydrogen) atoms. The van der Waals surface area contributed by atoms with Gasteiger partial charge in [-0.3, -0.25) is 9.59 Å². The van der Waals surface area contributed by atoms with E-state index < -0.39 is 47.0 Å². The van der Waals surface area contributed by atoms with Crippen LogP contribution in [0.1, 0.15) is 101 Å². The Labute approximate surface area is 323 Å². The average Bonchev–Trinajstić information content (AvgIpc) is 3.97. The van der Waals surface area contributed by atoms with Crippen molar-refractivity contribution in [2.24, 2.45) is 0 Å². The van der Waals surface area contributed by atoms with Crippen LogP contribution in [-0.2, 0) is 24.6 Å². The molecule has 0 saturated heterocycles. The van der Waals surface area contributed by atoms with Gasteiger partial charge in [0.25, 0.3) is 11.8 Å². The topological polar surface area (TPSA) is 105 Å². The number of hydrogen-bond acceptors (Lipinski definition) is 5. The molecule has 294 valence electrons. The number of aliphatic hydroxyl groups excluding tert-OH is 1. The first-order valence-electron chi connectivity index (χ1n) is 19.1. The molecule has 7 nitrogen and oxygen atoms in total. The molecular formula is C44H45F5N4O3. The summed E-state index contributed by atoms with van der Waals surface area (Å²) in [6.45, 7) is 4.36. The first-order valence-corrected chi connectivity index (χ1v) is 19.1. The van der Waals surface area contributed by atoms with Crippen LogP contribution in [-0.4, -0.2) is 53.1 Å². The average molecular weight is 773 g/mol. The SMILES string of the molecule is CCCC(CCC)N1CCc2c(C(=O)N[C@@H](Cc3cc(F)cc(F)c3)[C@H](O)CNC3(c4cccc(C(F)(F)F)c4)CC3)cc(-c3ccccc3C#N)cc2C1=O. The van der Waals surface area contributed by atoms with E-state index in [9.17, 15) is 41.9 Å². The van der Waals surface area contributed by atoms with E-state index in [-0.39, 0.29) is 36.0 Å². The number of halogens is 5. The van der Waals surface area contributed by atoms with Gasteiger partial charge in [0.05, 0.1) is 29.3 Å². The van der Waals surface area contributed by atoms with Crippen LogP contribution < -0.4 is 10.6 Å². The second-order valence-corrected chi connectivity index (χ2v) is 14.9. The Morgan fingerprint density at radius 3 is 2.29 bits per heavy atom. The maximum atomic E-state index is 14.5. The van der Waals surface area contributed by atoms with Crippen LogP contribution in [0.15, 0.2) is 78.9 Å². The zero-order chi connectivity index (χ0) is 40.2. The third-order valence-corrected chi connectivity index (χ3v) is 10.9. The number of nitrogens with one attached hydrogen (secondary N) is 2. The Hall–Kier alpha value is -5.12. The molecule has 1 fully saturated rings. The molecule has 1 saturated carbocycles. The number of aliphatic hydroxyl groups is 1. The van der Waals surface area contributed by atoms with E-state index >= 15 is 0 Å². The second-order valence-electron chi connectivity index (χ2n) is 14.9. The molecule has 0 unspecified atom stereocenters. The molecule has 0 bridgehead atoms. The van der Waals surface area contributed by atoms with Gasteiger partial charge in [-0.05, 0) is 109 Å². The number of carbonyl (C=O) groups is 2. The van der Waals surface area contributed by atoms with Crippen LogP contribution in [0.25, 0.3) is 11.1 Å². The van der Waals surface area contributed by atoms with E-state index in [1.165, 1.54) is 6.07 Å². The number of fused-ring (bicyclic) bond motifs is 1. The Bertz CT molecular complexity index is 2100. The molecule has 2 atom stereocenters. The maximum absolute atomic E-state index is 14.5. The number of hydrogen-bond donors (Lipinski definition) is 3. The zero-order valence-corrected chi connectivity index (χ0v) is 31.4. The predicted octanol–water partition coefficient (Wildman–Crippen LogP) is 8.47. The number of carbonyl (C=O) groups excluding carboxylic acids is 2. The standard InChI is InChI=1S/C44H45F5N4O3/c1-3-8-34(9-4-2)53-17-14-36-37(21-29(22-38(36)42(53)56)35-13-6-5-10-28(35)25-50)41(55)52-39(20-27-18-32(45)24-33(46)19-27)40(54)26-51-43(15-16-43)30-11-7-12-31(23-30)44(47,48)49/h5-7,10-13,18-19,21-24,34,39-40,51,54H,3-4,8-9,14-17,20,26H2,1-2H3,(H,52,55)/t39-,40+/m0/s1. The molecule has 0 spiro atoms. The lowest BCUT2D eigenvalue weighted by Crippen LogP contribution is -2.50. The van der Waals surface area contributed by atoms with Gasteiger partial charge >= 0.3 is 6.18 Å². The van der Waals surface area contributed by atoms with Crippen molar-refractivity contribution >= 4 is 11.8 Å². The molecule has 0 aromatic heterocycles. The Balaban J connectivity index is 1.35. The Morgan fingerprint density at radius 1 is 0.946 bits per heavy atom. The van der Waals surface area contributed by atoms with Crippen LogP contribution in [0.4, 0.5) is 22.0 Å². The van der Waals surface area contributed by atoms with Crippen molar-refractivity contribution in [2.45, 2.75) is 95.1 Å². The molecule has 6 rings (SSSR count). The molecule has 4 aromatic carbocycles. The fourth-order valence-corrected chi connectivity index (χ4v) is 7.92. The van der Waals surface area contributed by atoms with Gasteiger partial charge in [0.15, 0.2) is 0 Å². The Kier molecular flexibility index (Phi) is 12.3. The summed E-state index contributed by atoms with van der Waals surface area (Å²) in [6, 6.07) is 19.2. The monoisotopic (exact) mass is 772 g/mol. The van der Waals surface area contributed by atoms with E-state index in [4.69, 9.17) is 0 Å². The first kappa shape index (κ1) is 40.5. The van der Waals surface area contributed by atoms with Crippen LogP contribution in [0.3, 0.4) is 0 Å². The van der Waals surface area contributed by atoms with Crippen LogP contribution >= 0.6 is 0 Å². The zero-order valence-electron chi connectivity index (χ0n) is 31.4. The van der Waals surface area contributed by atoms with E-state index in [0.29, 0.717) is 65.3 Å². The number of nitriles is 1. The van der Waals surface area contributed by atoms with Crippen LogP contribution in [0, 0.1) is 23.0 Å². The summed E-state index contributed by atoms with van der Waals surface area (Å²) in [4.78, 5) is 30.6. The fraction of sp³-hybridized carbons (Fsp3) is 0.386. The lowest BCUT2D eigenvalue weighted by molar-refractivity contribution is -0.137. The summed E-state index contributed by atoms with van der Waals surface area (Å²) in [5.74, 6) is -2.55. The maximum Gasteiger partial charge on any atom is 0.416 e. The number of rotatable bonds is 15. The highest BCUT2D eigenvalue weighted by molar-refractivity contribution is 6.05. The number of amides is 2. The predicted molar refractivity (Wildman–Crippen MR) is 203 cm³/mol. The molecule has 1 heterocycles. The number of alkyl halides is 3. The largest absolute Gasteiger partial charge is 0.416 e. The van der Waals surface area contributed by atoms with Crippen molar-refractivity contribution in [1.82, 2.24) is 15.5 Å². The van der Waals surface area contributed by atoms with Crippen molar-refractivity contribution in [3.8, 4) is 17.2 Å². The molecule has 0 radical (unpaired) electrons. The van der Waals surface area contributed by atoms with Gasteiger partial charge in [-0.15, -0.1) is 0 Å². The summed E-state index contributed by atoms with van der Waals surface area (Å²) in [5.41, 5.74) is 1.31. The van der Waals surface area contributed by atoms with Gasteiger partial charge in [-0.2, -0.15) is 18.4 Å². The summed E-state index contributed by atoms with van der Waals surface area (Å²) in [6.07, 6.45) is -1.28. The van der Waals surface area contributed by atoms with E-state index in [1.54, 1.807) is 42.5 Å². The molecule has 1 aliphatic carbocycles. The van der Waals surface area contributed by atoms with E-state index in [1.807, 2.05) is 4.90 Å². The molecule has 4 aromatic rings. The lowest BCUT2D eigenvalue weighted by Gasteiger charge is -2.36. The minimum absolute atomic E-state index is 0.0161. The van der Waals surface area contributed by atoms with E-state index in [0.717, 1.165) is 49.9 Å². The number of benzene rings is 4.